The Balaban J connectivity index is 0.000000516. The standard InChI is InChI=1S/C18H24N4O2.C2H4O2/c1-21-17(24)20-10-18(21)11-22(12-18)16(23)15-4-2-13(3-5-15)8-14-6-7-19-9-14;1-2(3)4/h2-5,14,19H,6-12H2,1H3,(H,20,24);1H3,(H,3,4). The first kappa shape index (κ1) is 20.1. The van der Waals surface area contributed by atoms with Crippen molar-refractivity contribution in [1.29, 1.82) is 0 Å². The molecule has 3 amide bonds. The summed E-state index contributed by atoms with van der Waals surface area (Å²) in [5.74, 6) is -0.0628. The third-order valence-corrected chi connectivity index (χ3v) is 5.73. The molecule has 28 heavy (non-hydrogen) atoms. The van der Waals surface area contributed by atoms with Crippen LogP contribution in [0.25, 0.3) is 0 Å². The van der Waals surface area contributed by atoms with Crippen molar-refractivity contribution in [2.75, 3.05) is 39.8 Å². The van der Waals surface area contributed by atoms with Crippen molar-refractivity contribution < 1.29 is 19.5 Å². The van der Waals surface area contributed by atoms with Gasteiger partial charge in [0.05, 0.1) is 5.54 Å². The minimum Gasteiger partial charge on any atom is -0.481 e. The Labute approximate surface area is 164 Å². The van der Waals surface area contributed by atoms with E-state index >= 15 is 0 Å². The van der Waals surface area contributed by atoms with Gasteiger partial charge in [0.25, 0.3) is 11.9 Å². The molecule has 8 heteroatoms. The van der Waals surface area contributed by atoms with E-state index in [4.69, 9.17) is 9.90 Å². The van der Waals surface area contributed by atoms with Crippen LogP contribution in [-0.4, -0.2) is 78.1 Å². The van der Waals surface area contributed by atoms with E-state index in [2.05, 4.69) is 22.8 Å². The van der Waals surface area contributed by atoms with Crippen molar-refractivity contribution in [3.05, 3.63) is 35.4 Å². The normalized spacial score (nSPS) is 22.4. The van der Waals surface area contributed by atoms with Crippen LogP contribution in [-0.2, 0) is 11.2 Å². The van der Waals surface area contributed by atoms with Crippen LogP contribution in [0.5, 0.6) is 0 Å². The number of rotatable bonds is 3. The maximum atomic E-state index is 12.6. The van der Waals surface area contributed by atoms with Gasteiger partial charge in [-0.3, -0.25) is 9.59 Å². The number of urea groups is 1. The molecule has 4 rings (SSSR count). The fraction of sp³-hybridized carbons (Fsp3) is 0.550. The Hall–Kier alpha value is -2.61. The van der Waals surface area contributed by atoms with Gasteiger partial charge in [0.2, 0.25) is 0 Å². The number of hydrogen-bond acceptors (Lipinski definition) is 4. The lowest BCUT2D eigenvalue weighted by atomic mass is 9.88. The van der Waals surface area contributed by atoms with Gasteiger partial charge < -0.3 is 25.5 Å². The molecule has 0 bridgehead atoms. The maximum absolute atomic E-state index is 12.6. The lowest BCUT2D eigenvalue weighted by Crippen LogP contribution is -2.70. The molecule has 1 unspecified atom stereocenters. The first-order chi connectivity index (χ1) is 13.3. The fourth-order valence-electron chi connectivity index (χ4n) is 4.01. The number of carbonyl (C=O) groups excluding carboxylic acids is 2. The molecular weight excluding hydrogens is 360 g/mol. The quantitative estimate of drug-likeness (QED) is 0.710. The number of carbonyl (C=O) groups is 3. The van der Waals surface area contributed by atoms with Gasteiger partial charge in [0.1, 0.15) is 0 Å². The van der Waals surface area contributed by atoms with Gasteiger partial charge in [0.15, 0.2) is 0 Å². The summed E-state index contributed by atoms with van der Waals surface area (Å²) >= 11 is 0. The highest BCUT2D eigenvalue weighted by Crippen LogP contribution is 2.31. The average Bonchev–Trinajstić information content (AvgIpc) is 3.22. The Morgan fingerprint density at radius 3 is 2.39 bits per heavy atom. The van der Waals surface area contributed by atoms with Crippen LogP contribution < -0.4 is 10.6 Å². The molecule has 152 valence electrons. The fourth-order valence-corrected chi connectivity index (χ4v) is 4.01. The number of amides is 3. The van der Waals surface area contributed by atoms with Gasteiger partial charge >= 0.3 is 6.03 Å². The highest BCUT2D eigenvalue weighted by atomic mass is 16.4. The summed E-state index contributed by atoms with van der Waals surface area (Å²) < 4.78 is 0. The summed E-state index contributed by atoms with van der Waals surface area (Å²) in [5, 5.41) is 13.7. The van der Waals surface area contributed by atoms with Crippen LogP contribution in [0.15, 0.2) is 24.3 Å². The van der Waals surface area contributed by atoms with E-state index in [0.29, 0.717) is 25.6 Å². The Morgan fingerprint density at radius 1 is 1.25 bits per heavy atom. The molecule has 0 radical (unpaired) electrons. The summed E-state index contributed by atoms with van der Waals surface area (Å²) in [4.78, 5) is 36.8. The number of likely N-dealkylation sites (N-methyl/N-ethyl adjacent to an activating group) is 1. The number of nitrogens with zero attached hydrogens (tertiary/aromatic N) is 2. The number of hydrogen-bond donors (Lipinski definition) is 3. The number of carboxylic acid groups (broad SMARTS) is 1. The molecule has 8 nitrogen and oxygen atoms in total. The molecule has 0 aliphatic carbocycles. The Morgan fingerprint density at radius 2 is 1.89 bits per heavy atom. The first-order valence-corrected chi connectivity index (χ1v) is 9.61. The number of likely N-dealkylation sites (tertiary alicyclic amines) is 1. The van der Waals surface area contributed by atoms with E-state index in [0.717, 1.165) is 32.0 Å². The highest BCUT2D eigenvalue weighted by molar-refractivity contribution is 5.95. The van der Waals surface area contributed by atoms with Crippen LogP contribution in [0.4, 0.5) is 4.79 Å². The van der Waals surface area contributed by atoms with Gasteiger partial charge in [-0.1, -0.05) is 12.1 Å². The van der Waals surface area contributed by atoms with Crippen molar-refractivity contribution in [2.45, 2.75) is 25.3 Å². The molecule has 3 fully saturated rings. The van der Waals surface area contributed by atoms with E-state index in [1.165, 1.54) is 12.0 Å². The zero-order valence-corrected chi connectivity index (χ0v) is 16.4. The van der Waals surface area contributed by atoms with Gasteiger partial charge in [-0.15, -0.1) is 0 Å². The summed E-state index contributed by atoms with van der Waals surface area (Å²) in [6.07, 6.45) is 2.31. The van der Waals surface area contributed by atoms with E-state index in [-0.39, 0.29) is 17.5 Å². The van der Waals surface area contributed by atoms with Gasteiger partial charge in [-0.25, -0.2) is 4.79 Å². The first-order valence-electron chi connectivity index (χ1n) is 9.61. The molecule has 3 aliphatic heterocycles. The second kappa shape index (κ2) is 8.18. The molecule has 1 spiro atoms. The van der Waals surface area contributed by atoms with Crippen molar-refractivity contribution >= 4 is 17.9 Å². The van der Waals surface area contributed by atoms with Gasteiger partial charge in [-0.05, 0) is 49.5 Å². The van der Waals surface area contributed by atoms with E-state index in [1.807, 2.05) is 17.0 Å². The number of aliphatic carboxylic acids is 1. The summed E-state index contributed by atoms with van der Waals surface area (Å²) in [6, 6.07) is 7.98. The maximum Gasteiger partial charge on any atom is 0.317 e. The molecule has 3 aliphatic rings. The Kier molecular flexibility index (Phi) is 5.88. The highest BCUT2D eigenvalue weighted by Gasteiger charge is 2.53. The third kappa shape index (κ3) is 4.27. The van der Waals surface area contributed by atoms with Crippen molar-refractivity contribution in [3.8, 4) is 0 Å². The predicted octanol–water partition coefficient (Wildman–Crippen LogP) is 0.779. The molecular formula is C20H28N4O4. The van der Waals surface area contributed by atoms with Crippen molar-refractivity contribution in [1.82, 2.24) is 20.4 Å². The van der Waals surface area contributed by atoms with Crippen molar-refractivity contribution in [2.24, 2.45) is 5.92 Å². The van der Waals surface area contributed by atoms with Gasteiger partial charge in [0, 0.05) is 39.2 Å². The SMILES string of the molecule is CC(=O)O.CN1C(=O)NCC12CN(C(=O)c1ccc(CC3CCNC3)cc1)C2. The van der Waals surface area contributed by atoms with Crippen LogP contribution >= 0.6 is 0 Å². The molecule has 3 heterocycles. The monoisotopic (exact) mass is 388 g/mol. The summed E-state index contributed by atoms with van der Waals surface area (Å²) in [7, 11) is 1.80. The van der Waals surface area contributed by atoms with Crippen LogP contribution in [0.1, 0.15) is 29.3 Å². The summed E-state index contributed by atoms with van der Waals surface area (Å²) in [5.41, 5.74) is 1.83. The predicted molar refractivity (Wildman–Crippen MR) is 104 cm³/mol. The molecule has 1 atom stereocenters. The number of benzene rings is 1. The largest absolute Gasteiger partial charge is 0.481 e. The zero-order chi connectivity index (χ0) is 20.3. The number of nitrogens with one attached hydrogen (secondary N) is 2. The Bertz CT molecular complexity index is 733. The van der Waals surface area contributed by atoms with E-state index in [1.54, 1.807) is 11.9 Å². The van der Waals surface area contributed by atoms with Crippen molar-refractivity contribution in [3.63, 3.8) is 0 Å². The zero-order valence-electron chi connectivity index (χ0n) is 16.4. The minimum absolute atomic E-state index is 0.0483. The lowest BCUT2D eigenvalue weighted by Gasteiger charge is -2.50. The van der Waals surface area contributed by atoms with E-state index < -0.39 is 5.97 Å². The molecule has 3 N–H and O–H groups in total. The molecule has 0 saturated carbocycles. The van der Waals surface area contributed by atoms with E-state index in [9.17, 15) is 9.59 Å². The third-order valence-electron chi connectivity index (χ3n) is 5.73. The minimum atomic E-state index is -0.833. The smallest absolute Gasteiger partial charge is 0.317 e. The average molecular weight is 388 g/mol. The van der Waals surface area contributed by atoms with Crippen LogP contribution in [0.2, 0.25) is 0 Å². The van der Waals surface area contributed by atoms with Crippen LogP contribution in [0, 0.1) is 5.92 Å². The molecule has 1 aromatic carbocycles. The lowest BCUT2D eigenvalue weighted by molar-refractivity contribution is -0.134. The van der Waals surface area contributed by atoms with Gasteiger partial charge in [-0.2, -0.15) is 0 Å². The topological polar surface area (TPSA) is 102 Å². The second-order valence-electron chi connectivity index (χ2n) is 7.88. The number of carboxylic acids is 1. The second-order valence-corrected chi connectivity index (χ2v) is 7.88. The van der Waals surface area contributed by atoms with Crippen LogP contribution in [0.3, 0.4) is 0 Å². The molecule has 3 saturated heterocycles. The molecule has 0 aromatic heterocycles. The molecule has 1 aromatic rings. The summed E-state index contributed by atoms with van der Waals surface area (Å²) in [6.45, 7) is 5.13.